The fourth-order valence-corrected chi connectivity index (χ4v) is 5.69. The van der Waals surface area contributed by atoms with Crippen molar-refractivity contribution < 1.29 is 9.53 Å². The van der Waals surface area contributed by atoms with Crippen LogP contribution in [0.5, 0.6) is 5.75 Å². The van der Waals surface area contributed by atoms with Crippen LogP contribution in [-0.2, 0) is 10.3 Å². The van der Waals surface area contributed by atoms with E-state index in [2.05, 4.69) is 58.6 Å². The summed E-state index contributed by atoms with van der Waals surface area (Å²) in [6.07, 6.45) is 8.07. The number of aromatic nitrogens is 3. The lowest BCUT2D eigenvalue weighted by atomic mass is 9.80. The normalized spacial score (nSPS) is 20.7. The van der Waals surface area contributed by atoms with Gasteiger partial charge in [-0.05, 0) is 67.5 Å². The molecule has 3 aromatic rings. The molecule has 0 saturated heterocycles. The number of unbranched alkanes of at least 4 members (excludes halogenated alkanes) is 2. The van der Waals surface area contributed by atoms with Gasteiger partial charge in [0, 0.05) is 16.2 Å². The van der Waals surface area contributed by atoms with Crippen molar-refractivity contribution in [1.82, 2.24) is 20.5 Å². The van der Waals surface area contributed by atoms with E-state index in [-0.39, 0.29) is 5.91 Å². The molecule has 6 nitrogen and oxygen atoms in total. The molecule has 3 heterocycles. The van der Waals surface area contributed by atoms with Crippen LogP contribution in [0, 0.1) is 0 Å². The number of ether oxygens (including phenoxy) is 1. The number of nitrogens with zero attached hydrogens (tertiary/aromatic N) is 2. The molecule has 1 atom stereocenters. The minimum absolute atomic E-state index is 0.128. The van der Waals surface area contributed by atoms with Crippen molar-refractivity contribution in [2.45, 2.75) is 63.8 Å². The summed E-state index contributed by atoms with van der Waals surface area (Å²) in [6, 6.07) is 12.5. The minimum atomic E-state index is -0.527. The van der Waals surface area contributed by atoms with Gasteiger partial charge >= 0.3 is 0 Å². The molecule has 1 unspecified atom stereocenters. The fourth-order valence-electron chi connectivity index (χ4n) is 4.46. The Morgan fingerprint density at radius 1 is 1.15 bits per heavy atom. The lowest BCUT2D eigenvalue weighted by Crippen LogP contribution is -2.47. The van der Waals surface area contributed by atoms with E-state index in [9.17, 15) is 4.79 Å². The Kier molecular flexibility index (Phi) is 6.06. The topological polar surface area (TPSA) is 79.9 Å². The Balaban J connectivity index is 1.44. The molecule has 1 aromatic carbocycles. The van der Waals surface area contributed by atoms with Crippen LogP contribution < -0.4 is 10.1 Å². The Morgan fingerprint density at radius 3 is 2.67 bits per heavy atom. The number of hydrogen-bond acceptors (Lipinski definition) is 5. The highest BCUT2D eigenvalue weighted by molar-refractivity contribution is 7.13. The standard InChI is InChI=1S/C26H30N4O2S/c1-3-4-5-14-32-19-10-8-18(9-11-19)26(2)15-20(22-13-12-21(33-22)17-6-7-17)23(25(31)29-26)24-27-16-28-30-24/h8-13,16-17H,3-7,14-15H2,1-2H3,(H,29,31)(H,27,28,30). The van der Waals surface area contributed by atoms with Crippen LogP contribution in [0.4, 0.5) is 0 Å². The number of amides is 1. The van der Waals surface area contributed by atoms with Crippen molar-refractivity contribution >= 4 is 28.4 Å². The zero-order valence-electron chi connectivity index (χ0n) is 19.2. The van der Waals surface area contributed by atoms with E-state index in [4.69, 9.17) is 4.74 Å². The molecule has 0 bridgehead atoms. The summed E-state index contributed by atoms with van der Waals surface area (Å²) in [7, 11) is 0. The van der Waals surface area contributed by atoms with Crippen LogP contribution in [0.25, 0.3) is 11.1 Å². The average Bonchev–Trinajstić information content (AvgIpc) is 3.30. The zero-order chi connectivity index (χ0) is 22.8. The number of H-pyrrole nitrogens is 1. The van der Waals surface area contributed by atoms with Crippen molar-refractivity contribution in [3.63, 3.8) is 0 Å². The first-order chi connectivity index (χ1) is 16.1. The summed E-state index contributed by atoms with van der Waals surface area (Å²) in [6.45, 7) is 5.01. The maximum atomic E-state index is 13.4. The lowest BCUT2D eigenvalue weighted by Gasteiger charge is -2.37. The molecular weight excluding hydrogens is 432 g/mol. The molecule has 2 N–H and O–H groups in total. The monoisotopic (exact) mass is 462 g/mol. The molecule has 0 spiro atoms. The van der Waals surface area contributed by atoms with Crippen molar-refractivity contribution in [2.24, 2.45) is 0 Å². The summed E-state index contributed by atoms with van der Waals surface area (Å²) in [5, 5.41) is 10.1. The first kappa shape index (κ1) is 21.9. The van der Waals surface area contributed by atoms with Gasteiger partial charge in [-0.25, -0.2) is 4.98 Å². The van der Waals surface area contributed by atoms with Gasteiger partial charge in [0.1, 0.15) is 12.1 Å². The van der Waals surface area contributed by atoms with E-state index >= 15 is 0 Å². The Bertz CT molecular complexity index is 1150. The second-order valence-corrected chi connectivity index (χ2v) is 10.3. The third kappa shape index (κ3) is 4.60. The van der Waals surface area contributed by atoms with E-state index in [0.717, 1.165) is 34.8 Å². The van der Waals surface area contributed by atoms with E-state index in [1.807, 2.05) is 12.1 Å². The van der Waals surface area contributed by atoms with Crippen LogP contribution in [0.1, 0.15) is 79.4 Å². The average molecular weight is 463 g/mol. The van der Waals surface area contributed by atoms with Gasteiger partial charge in [-0.1, -0.05) is 31.9 Å². The second kappa shape index (κ2) is 9.14. The molecule has 1 aliphatic carbocycles. The third-order valence-electron chi connectivity index (χ3n) is 6.51. The molecule has 33 heavy (non-hydrogen) atoms. The summed E-state index contributed by atoms with van der Waals surface area (Å²) in [5.74, 6) is 1.94. The lowest BCUT2D eigenvalue weighted by molar-refractivity contribution is -0.117. The van der Waals surface area contributed by atoms with E-state index in [1.165, 1.54) is 36.9 Å². The number of benzene rings is 1. The molecule has 172 valence electrons. The highest BCUT2D eigenvalue weighted by atomic mass is 32.1. The number of rotatable bonds is 9. The number of nitrogens with one attached hydrogen (secondary N) is 2. The summed E-state index contributed by atoms with van der Waals surface area (Å²) in [4.78, 5) is 20.3. The van der Waals surface area contributed by atoms with E-state index in [0.29, 0.717) is 23.7 Å². The van der Waals surface area contributed by atoms with Crippen LogP contribution in [-0.4, -0.2) is 27.7 Å². The molecule has 2 aliphatic rings. The second-order valence-electron chi connectivity index (χ2n) is 9.21. The number of carbonyl (C=O) groups is 1. The number of hydrogen-bond donors (Lipinski definition) is 2. The molecule has 7 heteroatoms. The van der Waals surface area contributed by atoms with Crippen LogP contribution >= 0.6 is 11.3 Å². The molecule has 5 rings (SSSR count). The third-order valence-corrected chi connectivity index (χ3v) is 7.82. The number of carbonyl (C=O) groups excluding carboxylic acids is 1. The maximum absolute atomic E-state index is 13.4. The van der Waals surface area contributed by atoms with Crippen LogP contribution in [0.2, 0.25) is 0 Å². The van der Waals surface area contributed by atoms with E-state index < -0.39 is 5.54 Å². The maximum Gasteiger partial charge on any atom is 0.256 e. The van der Waals surface area contributed by atoms with Crippen LogP contribution in [0.15, 0.2) is 42.7 Å². The summed E-state index contributed by atoms with van der Waals surface area (Å²) < 4.78 is 5.88. The predicted octanol–water partition coefficient (Wildman–Crippen LogP) is 5.66. The molecule has 1 amide bonds. The zero-order valence-corrected chi connectivity index (χ0v) is 20.0. The smallest absolute Gasteiger partial charge is 0.256 e. The summed E-state index contributed by atoms with van der Waals surface area (Å²) in [5.41, 5.74) is 2.14. The highest BCUT2D eigenvalue weighted by Gasteiger charge is 2.39. The highest BCUT2D eigenvalue weighted by Crippen LogP contribution is 2.47. The number of thiophene rings is 1. The van der Waals surface area contributed by atoms with Gasteiger partial charge in [-0.15, -0.1) is 11.3 Å². The molecular formula is C26H30N4O2S. The van der Waals surface area contributed by atoms with Gasteiger partial charge in [0.2, 0.25) is 0 Å². The molecule has 1 fully saturated rings. The van der Waals surface area contributed by atoms with Crippen molar-refractivity contribution in [3.05, 3.63) is 63.9 Å². The van der Waals surface area contributed by atoms with Gasteiger partial charge in [0.05, 0.1) is 17.7 Å². The Labute approximate surface area is 198 Å². The predicted molar refractivity (Wildman–Crippen MR) is 131 cm³/mol. The van der Waals surface area contributed by atoms with Gasteiger partial charge in [-0.2, -0.15) is 5.10 Å². The van der Waals surface area contributed by atoms with Crippen molar-refractivity contribution in [2.75, 3.05) is 6.61 Å². The van der Waals surface area contributed by atoms with Crippen molar-refractivity contribution in [3.8, 4) is 5.75 Å². The molecule has 2 aromatic heterocycles. The molecule has 1 aliphatic heterocycles. The minimum Gasteiger partial charge on any atom is -0.494 e. The van der Waals surface area contributed by atoms with E-state index in [1.54, 1.807) is 11.3 Å². The van der Waals surface area contributed by atoms with Crippen molar-refractivity contribution in [1.29, 1.82) is 0 Å². The number of aromatic amines is 1. The summed E-state index contributed by atoms with van der Waals surface area (Å²) >= 11 is 1.80. The first-order valence-corrected chi connectivity index (χ1v) is 12.6. The first-order valence-electron chi connectivity index (χ1n) is 11.8. The largest absolute Gasteiger partial charge is 0.494 e. The Hall–Kier alpha value is -2.93. The van der Waals surface area contributed by atoms with Crippen LogP contribution in [0.3, 0.4) is 0 Å². The van der Waals surface area contributed by atoms with Gasteiger partial charge in [0.15, 0.2) is 5.82 Å². The SMILES string of the molecule is CCCCCOc1ccc(C2(C)CC(c3ccc(C4CC4)s3)=C(c3ncn[nH]3)C(=O)N2)cc1. The fraction of sp³-hybridized carbons (Fsp3) is 0.423. The van der Waals surface area contributed by atoms with Gasteiger partial charge in [-0.3, -0.25) is 9.89 Å². The van der Waals surface area contributed by atoms with Gasteiger partial charge in [0.25, 0.3) is 5.91 Å². The molecule has 0 radical (unpaired) electrons. The molecule has 1 saturated carbocycles. The quantitative estimate of drug-likeness (QED) is 0.402. The van der Waals surface area contributed by atoms with Gasteiger partial charge < -0.3 is 10.1 Å². The Morgan fingerprint density at radius 2 is 1.97 bits per heavy atom.